The molecule has 0 spiro atoms. The van der Waals surface area contributed by atoms with Crippen molar-refractivity contribution in [2.45, 2.75) is 6.04 Å². The molecule has 0 bridgehead atoms. The quantitative estimate of drug-likeness (QED) is 0.726. The van der Waals surface area contributed by atoms with Gasteiger partial charge in [0.25, 0.3) is 0 Å². The molecule has 0 unspecified atom stereocenters. The molecule has 0 radical (unpaired) electrons. The first-order chi connectivity index (χ1) is 7.43. The van der Waals surface area contributed by atoms with Gasteiger partial charge in [-0.25, -0.2) is 0 Å². The highest BCUT2D eigenvalue weighted by Gasteiger charge is 2.21. The molecule has 1 nitrogen and oxygen atoms in total. The Balaban J connectivity index is 1.95. The summed E-state index contributed by atoms with van der Waals surface area (Å²) in [7, 11) is 0. The van der Waals surface area contributed by atoms with Crippen molar-refractivity contribution in [2.24, 2.45) is 5.92 Å². The molecule has 1 aromatic rings. The minimum atomic E-state index is 0.470. The van der Waals surface area contributed by atoms with Crippen LogP contribution >= 0.6 is 0 Å². The third-order valence-electron chi connectivity index (χ3n) is 2.98. The van der Waals surface area contributed by atoms with Crippen LogP contribution < -0.4 is 5.32 Å². The lowest BCUT2D eigenvalue weighted by atomic mass is 9.90. The number of rotatable bonds is 1. The van der Waals surface area contributed by atoms with E-state index in [0.29, 0.717) is 12.0 Å². The van der Waals surface area contributed by atoms with E-state index in [1.54, 1.807) is 0 Å². The Hall–Kier alpha value is -1.76. The maximum Gasteiger partial charge on any atom is 0.0540 e. The van der Waals surface area contributed by atoms with E-state index in [1.165, 1.54) is 11.1 Å². The zero-order valence-corrected chi connectivity index (χ0v) is 8.43. The molecule has 3 rings (SSSR count). The van der Waals surface area contributed by atoms with E-state index in [4.69, 9.17) is 0 Å². The summed E-state index contributed by atoms with van der Waals surface area (Å²) in [6.45, 7) is 0. The molecule has 74 valence electrons. The highest BCUT2D eigenvalue weighted by molar-refractivity contribution is 5.75. The summed E-state index contributed by atoms with van der Waals surface area (Å²) in [4.78, 5) is 0. The molecule has 1 aliphatic carbocycles. The van der Waals surface area contributed by atoms with E-state index < -0.39 is 0 Å². The van der Waals surface area contributed by atoms with E-state index in [9.17, 15) is 0 Å². The minimum absolute atomic E-state index is 0.470. The summed E-state index contributed by atoms with van der Waals surface area (Å²) in [5, 5.41) is 3.32. The molecule has 1 N–H and O–H groups in total. The number of fused-ring (bicyclic) bond motifs is 1. The lowest BCUT2D eigenvalue weighted by molar-refractivity contribution is 0.651. The molecule has 1 heterocycles. The van der Waals surface area contributed by atoms with Crippen LogP contribution in [0.5, 0.6) is 0 Å². The van der Waals surface area contributed by atoms with Gasteiger partial charge in [-0.1, -0.05) is 54.6 Å². The molecular weight excluding hydrogens is 182 g/mol. The van der Waals surface area contributed by atoms with Gasteiger partial charge in [0.15, 0.2) is 0 Å². The van der Waals surface area contributed by atoms with Crippen LogP contribution in [-0.2, 0) is 0 Å². The van der Waals surface area contributed by atoms with Crippen molar-refractivity contribution < 1.29 is 0 Å². The fraction of sp³-hybridized carbons (Fsp3) is 0.143. The standard InChI is InChI=1S/C14H13N/c1-2-4-11(5-3-1)12-6-7-14-13(10-12)8-9-15-14/h1-10,13-15H/t13-,14+/m1/s1. The smallest absolute Gasteiger partial charge is 0.0540 e. The third kappa shape index (κ3) is 1.50. The van der Waals surface area contributed by atoms with Crippen LogP contribution in [0, 0.1) is 5.92 Å². The maximum absolute atomic E-state index is 3.32. The van der Waals surface area contributed by atoms with Crippen molar-refractivity contribution in [3.63, 3.8) is 0 Å². The van der Waals surface area contributed by atoms with Gasteiger partial charge >= 0.3 is 0 Å². The predicted molar refractivity (Wildman–Crippen MR) is 63.1 cm³/mol. The highest BCUT2D eigenvalue weighted by Crippen LogP contribution is 2.27. The second-order valence-corrected chi connectivity index (χ2v) is 3.98. The molecular formula is C14H13N. The Morgan fingerprint density at radius 3 is 2.73 bits per heavy atom. The molecule has 2 atom stereocenters. The zero-order valence-electron chi connectivity index (χ0n) is 8.43. The average molecular weight is 195 g/mol. The second kappa shape index (κ2) is 3.43. The SMILES string of the molecule is C1=C[C@@H]2C=C(c3ccccc3)C=C[C@@H]2N1. The fourth-order valence-electron chi connectivity index (χ4n) is 2.14. The molecule has 1 heteroatoms. The van der Waals surface area contributed by atoms with Gasteiger partial charge in [-0.2, -0.15) is 0 Å². The summed E-state index contributed by atoms with van der Waals surface area (Å²) in [6, 6.07) is 11.0. The van der Waals surface area contributed by atoms with E-state index >= 15 is 0 Å². The lowest BCUT2D eigenvalue weighted by Crippen LogP contribution is -2.24. The van der Waals surface area contributed by atoms with Crippen molar-refractivity contribution >= 4 is 5.57 Å². The van der Waals surface area contributed by atoms with Gasteiger partial charge < -0.3 is 5.32 Å². The van der Waals surface area contributed by atoms with Gasteiger partial charge in [-0.3, -0.25) is 0 Å². The van der Waals surface area contributed by atoms with Crippen LogP contribution in [0.1, 0.15) is 5.56 Å². The summed E-state index contributed by atoms with van der Waals surface area (Å²) in [5.74, 6) is 0.519. The van der Waals surface area contributed by atoms with Crippen LogP contribution in [-0.4, -0.2) is 6.04 Å². The summed E-state index contributed by atoms with van der Waals surface area (Å²) in [5.41, 5.74) is 2.62. The summed E-state index contributed by atoms with van der Waals surface area (Å²) in [6.07, 6.45) is 11.0. The highest BCUT2D eigenvalue weighted by atomic mass is 14.9. The maximum atomic E-state index is 3.32. The Bertz CT molecular complexity index is 440. The normalized spacial score (nSPS) is 27.1. The van der Waals surface area contributed by atoms with Gasteiger partial charge in [-0.05, 0) is 17.3 Å². The largest absolute Gasteiger partial charge is 0.384 e. The average Bonchev–Trinajstić information content (AvgIpc) is 2.77. The second-order valence-electron chi connectivity index (χ2n) is 3.98. The Labute approximate surface area is 89.8 Å². The first-order valence-electron chi connectivity index (χ1n) is 5.32. The van der Waals surface area contributed by atoms with Crippen LogP contribution in [0.15, 0.2) is 60.8 Å². The van der Waals surface area contributed by atoms with Gasteiger partial charge in [0, 0.05) is 5.92 Å². The van der Waals surface area contributed by atoms with Crippen LogP contribution in [0.4, 0.5) is 0 Å². The number of allylic oxidation sites excluding steroid dienone is 2. The van der Waals surface area contributed by atoms with Crippen molar-refractivity contribution in [1.82, 2.24) is 5.32 Å². The van der Waals surface area contributed by atoms with E-state index in [0.717, 1.165) is 0 Å². The fourth-order valence-corrected chi connectivity index (χ4v) is 2.14. The summed E-state index contributed by atoms with van der Waals surface area (Å²) >= 11 is 0. The zero-order chi connectivity index (χ0) is 10.1. The van der Waals surface area contributed by atoms with Crippen molar-refractivity contribution in [3.8, 4) is 0 Å². The van der Waals surface area contributed by atoms with Crippen molar-refractivity contribution in [3.05, 3.63) is 66.4 Å². The van der Waals surface area contributed by atoms with Crippen molar-refractivity contribution in [2.75, 3.05) is 0 Å². The third-order valence-corrected chi connectivity index (χ3v) is 2.98. The monoisotopic (exact) mass is 195 g/mol. The van der Waals surface area contributed by atoms with E-state index in [2.05, 4.69) is 60.0 Å². The first kappa shape index (κ1) is 8.54. The Morgan fingerprint density at radius 1 is 1.00 bits per heavy atom. The number of benzene rings is 1. The minimum Gasteiger partial charge on any atom is -0.384 e. The molecule has 0 aromatic heterocycles. The van der Waals surface area contributed by atoms with Gasteiger partial charge in [0.05, 0.1) is 6.04 Å². The van der Waals surface area contributed by atoms with E-state index in [-0.39, 0.29) is 0 Å². The number of hydrogen-bond donors (Lipinski definition) is 1. The molecule has 1 aliphatic heterocycles. The number of hydrogen-bond acceptors (Lipinski definition) is 1. The molecule has 2 aliphatic rings. The lowest BCUT2D eigenvalue weighted by Gasteiger charge is -2.19. The molecule has 0 amide bonds. The molecule has 0 saturated carbocycles. The van der Waals surface area contributed by atoms with E-state index in [1.807, 2.05) is 6.20 Å². The van der Waals surface area contributed by atoms with Gasteiger partial charge in [0.1, 0.15) is 0 Å². The molecule has 15 heavy (non-hydrogen) atoms. The van der Waals surface area contributed by atoms with Crippen LogP contribution in [0.25, 0.3) is 5.57 Å². The van der Waals surface area contributed by atoms with Crippen LogP contribution in [0.3, 0.4) is 0 Å². The van der Waals surface area contributed by atoms with Crippen LogP contribution in [0.2, 0.25) is 0 Å². The predicted octanol–water partition coefficient (Wildman–Crippen LogP) is 2.74. The van der Waals surface area contributed by atoms with Gasteiger partial charge in [-0.15, -0.1) is 0 Å². The van der Waals surface area contributed by atoms with Gasteiger partial charge in [0.2, 0.25) is 0 Å². The molecule has 0 saturated heterocycles. The molecule has 1 aromatic carbocycles. The Kier molecular flexibility index (Phi) is 1.95. The topological polar surface area (TPSA) is 12.0 Å². The number of nitrogens with one attached hydrogen (secondary N) is 1. The Morgan fingerprint density at radius 2 is 1.87 bits per heavy atom. The first-order valence-corrected chi connectivity index (χ1v) is 5.32. The summed E-state index contributed by atoms with van der Waals surface area (Å²) < 4.78 is 0. The van der Waals surface area contributed by atoms with Crippen molar-refractivity contribution in [1.29, 1.82) is 0 Å². The molecule has 0 fully saturated rings.